The number of allylic oxidation sites excluding steroid dienone is 2. The number of hydrogen-bond acceptors (Lipinski definition) is 8. The fraction of sp³-hybridized carbons (Fsp3) is 0.438. The molecule has 0 radical (unpaired) electrons. The summed E-state index contributed by atoms with van der Waals surface area (Å²) in [5, 5.41) is 2.08. The molecule has 4 aromatic rings. The van der Waals surface area contributed by atoms with Crippen molar-refractivity contribution in [2.75, 3.05) is 13.2 Å². The number of aromatic amines is 1. The number of benzene rings is 2. The van der Waals surface area contributed by atoms with Gasteiger partial charge in [0, 0.05) is 0 Å². The minimum atomic E-state index is -4.85. The third-order valence-corrected chi connectivity index (χ3v) is 22.4. The van der Waals surface area contributed by atoms with Gasteiger partial charge in [0.25, 0.3) is 0 Å². The van der Waals surface area contributed by atoms with Crippen LogP contribution in [0.5, 0.6) is 0 Å². The first-order chi connectivity index (χ1) is 29.2. The Bertz CT molecular complexity index is 2810. The number of rotatable bonds is 6. The minimum absolute atomic E-state index is 0.465. The number of fused-ring (bicyclic) bond motifs is 18. The molecule has 10 bridgehead atoms. The molecular weight excluding hydrogens is 793 g/mol. The van der Waals surface area contributed by atoms with Crippen LogP contribution in [0.4, 0.5) is 11.6 Å². The zero-order valence-electron chi connectivity index (χ0n) is 33.3. The Hall–Kier alpha value is -4.65. The number of H-pyrrole nitrogens is 1. The Balaban J connectivity index is 1.13. The molecule has 0 spiro atoms. The van der Waals surface area contributed by atoms with Crippen molar-refractivity contribution in [3.63, 3.8) is 0 Å². The van der Waals surface area contributed by atoms with Crippen LogP contribution in [0.1, 0.15) is 99.0 Å². The maximum atomic E-state index is 8.09. The van der Waals surface area contributed by atoms with E-state index in [0.29, 0.717) is 42.7 Å². The van der Waals surface area contributed by atoms with Gasteiger partial charge in [0.05, 0.1) is 0 Å². The second kappa shape index (κ2) is 12.7. The number of aromatic nitrogens is 2. The quantitative estimate of drug-likeness (QED) is 0.197. The fourth-order valence-corrected chi connectivity index (χ4v) is 20.5. The Labute approximate surface area is 346 Å². The van der Waals surface area contributed by atoms with E-state index in [1.165, 1.54) is 62.5 Å². The number of nitrogens with one attached hydrogen (secondary N) is 1. The molecule has 14 rings (SSSR count). The maximum absolute atomic E-state index is 8.09. The average Bonchev–Trinajstić information content (AvgIpc) is 4.17. The van der Waals surface area contributed by atoms with Gasteiger partial charge in [0.1, 0.15) is 0 Å². The van der Waals surface area contributed by atoms with Crippen molar-refractivity contribution in [3.8, 4) is 0 Å². The van der Waals surface area contributed by atoms with E-state index in [1.54, 1.807) is 0 Å². The summed E-state index contributed by atoms with van der Waals surface area (Å²) in [5.74, 6) is 8.03. The van der Waals surface area contributed by atoms with Gasteiger partial charge in [-0.25, -0.2) is 0 Å². The van der Waals surface area contributed by atoms with E-state index >= 15 is 0 Å². The van der Waals surface area contributed by atoms with Crippen molar-refractivity contribution in [3.05, 3.63) is 111 Å². The molecule has 0 amide bonds. The van der Waals surface area contributed by atoms with Gasteiger partial charge in [0.15, 0.2) is 0 Å². The van der Waals surface area contributed by atoms with Gasteiger partial charge in [-0.2, -0.15) is 0 Å². The van der Waals surface area contributed by atoms with E-state index in [2.05, 4.69) is 85.2 Å². The van der Waals surface area contributed by atoms with Crippen LogP contribution in [0.25, 0.3) is 16.8 Å². The monoisotopic (exact) mass is 842 g/mol. The predicted octanol–water partition coefficient (Wildman–Crippen LogP) is 8.57. The normalized spacial score (nSPS) is 32.4. The van der Waals surface area contributed by atoms with Crippen molar-refractivity contribution >= 4 is 60.4 Å². The Morgan fingerprint density at radius 2 is 1.41 bits per heavy atom. The molecule has 2 aromatic carbocycles. The standard InChI is InChI=1S/C48H48GeN8O2/c1-2-10-34-33(9-1)41-50-42(34)53-46-39-15-7-8-16-40(39)48-55-44-36-12-4-3-11-35(36)43(51-44)54-47-38-14-6-5-13-37(38)45(52-41)56(47)49(57(46)48,58-25-31-23-27-17-19-29(31)21-27)59-26-32-24-28-18-20-30(32)22-28/h1,4-9,12-16,27-32,46,51H,2-3,10-11,17-26H2. The Kier molecular flexibility index (Phi) is 7.33. The molecule has 6 heterocycles. The molecule has 4 fully saturated rings. The van der Waals surface area contributed by atoms with Gasteiger partial charge in [0.2, 0.25) is 0 Å². The van der Waals surface area contributed by atoms with Gasteiger partial charge in [-0.1, -0.05) is 0 Å². The van der Waals surface area contributed by atoms with E-state index in [0.717, 1.165) is 105 Å². The molecule has 4 aliphatic heterocycles. The third-order valence-electron chi connectivity index (χ3n) is 15.8. The van der Waals surface area contributed by atoms with Crippen molar-refractivity contribution in [2.24, 2.45) is 60.5 Å². The first-order valence-corrected chi connectivity index (χ1v) is 26.1. The molecule has 296 valence electrons. The molecule has 2 aromatic heterocycles. The Morgan fingerprint density at radius 1 is 0.695 bits per heavy atom. The first-order valence-electron chi connectivity index (χ1n) is 22.5. The van der Waals surface area contributed by atoms with E-state index in [9.17, 15) is 0 Å². The van der Waals surface area contributed by atoms with E-state index < -0.39 is 20.6 Å². The average molecular weight is 842 g/mol. The van der Waals surface area contributed by atoms with E-state index in [4.69, 9.17) is 32.5 Å². The SMILES string of the molecule is C1=CC2=C(CC1)C1=NC3c4ccccc4C4=Nc5[nH]c(c6c5C=CCC6)N=c5c6ccccc6c([n]5[Ge]([O]CC5CC6CCC5C6)([O]CC5CC6CCC5C6)[N]43)=NC2=N1. The van der Waals surface area contributed by atoms with Gasteiger partial charge in [-0.15, -0.1) is 0 Å². The van der Waals surface area contributed by atoms with Crippen LogP contribution in [-0.2, 0) is 13.9 Å². The van der Waals surface area contributed by atoms with Crippen LogP contribution in [0.3, 0.4) is 0 Å². The third kappa shape index (κ3) is 4.91. The van der Waals surface area contributed by atoms with Crippen LogP contribution >= 0.6 is 0 Å². The molecule has 6 aliphatic carbocycles. The zero-order valence-corrected chi connectivity index (χ0v) is 35.4. The van der Waals surface area contributed by atoms with Gasteiger partial charge in [-0.3, -0.25) is 0 Å². The van der Waals surface area contributed by atoms with Crippen molar-refractivity contribution in [1.82, 2.24) is 12.4 Å². The number of aliphatic imine (C=N–C) groups is 3. The zero-order chi connectivity index (χ0) is 38.4. The summed E-state index contributed by atoms with van der Waals surface area (Å²) >= 11 is -4.85. The van der Waals surface area contributed by atoms with E-state index in [-0.39, 0.29) is 0 Å². The van der Waals surface area contributed by atoms with Crippen LogP contribution in [0.2, 0.25) is 0 Å². The van der Waals surface area contributed by atoms with Gasteiger partial charge >= 0.3 is 348 Å². The fourth-order valence-electron chi connectivity index (χ4n) is 13.1. The molecule has 7 unspecified atom stereocenters. The number of amidine groups is 3. The predicted molar refractivity (Wildman–Crippen MR) is 230 cm³/mol. The molecule has 59 heavy (non-hydrogen) atoms. The van der Waals surface area contributed by atoms with Crippen molar-refractivity contribution in [2.45, 2.75) is 83.2 Å². The van der Waals surface area contributed by atoms with Crippen molar-refractivity contribution < 1.29 is 7.53 Å². The molecule has 0 saturated heterocycles. The van der Waals surface area contributed by atoms with Crippen LogP contribution < -0.4 is 11.0 Å². The van der Waals surface area contributed by atoms with Crippen LogP contribution in [0.15, 0.2) is 103 Å². The second-order valence-corrected chi connectivity index (χ2v) is 24.4. The summed E-state index contributed by atoms with van der Waals surface area (Å²) in [6.07, 6.45) is 22.6. The summed E-state index contributed by atoms with van der Waals surface area (Å²) in [6.45, 7) is 1.30. The van der Waals surface area contributed by atoms with Crippen molar-refractivity contribution in [1.29, 1.82) is 0 Å². The number of hydrogen-bond donors (Lipinski definition) is 1. The summed E-state index contributed by atoms with van der Waals surface area (Å²) < 4.78 is 21.1. The van der Waals surface area contributed by atoms with Crippen LogP contribution in [-0.4, -0.2) is 57.5 Å². The molecule has 1 N–H and O–H groups in total. The topological polar surface area (TPSA) is 104 Å². The summed E-state index contributed by atoms with van der Waals surface area (Å²) in [5.41, 5.74) is 8.42. The molecule has 10 nitrogen and oxygen atoms in total. The first kappa shape index (κ1) is 34.1. The molecule has 4 saturated carbocycles. The van der Waals surface area contributed by atoms with E-state index in [1.807, 2.05) is 0 Å². The van der Waals surface area contributed by atoms with Gasteiger partial charge in [-0.05, 0) is 0 Å². The second-order valence-electron chi connectivity index (χ2n) is 18.9. The molecule has 7 atom stereocenters. The summed E-state index contributed by atoms with van der Waals surface area (Å²) in [7, 11) is 0. The molecular formula is C48H48GeN8O2. The summed E-state index contributed by atoms with van der Waals surface area (Å²) in [4.78, 5) is 32.1. The number of nitrogens with zero attached hydrogens (tertiary/aromatic N) is 7. The molecule has 11 heteroatoms. The Morgan fingerprint density at radius 3 is 2.15 bits per heavy atom. The van der Waals surface area contributed by atoms with Crippen LogP contribution in [0, 0.1) is 35.5 Å². The summed E-state index contributed by atoms with van der Waals surface area (Å²) in [6, 6.07) is 17.5. The van der Waals surface area contributed by atoms with Gasteiger partial charge < -0.3 is 0 Å². The molecule has 10 aliphatic rings.